The number of likely N-dealkylation sites (N-methyl/N-ethyl adjacent to an activating group) is 1. The van der Waals surface area contributed by atoms with Crippen LogP contribution in [0, 0.1) is 5.82 Å². The van der Waals surface area contributed by atoms with E-state index in [9.17, 15) is 4.39 Å². The van der Waals surface area contributed by atoms with Gasteiger partial charge in [-0.25, -0.2) is 4.39 Å². The zero-order valence-corrected chi connectivity index (χ0v) is 13.0. The Hall–Kier alpha value is -1.39. The molecule has 4 heteroatoms. The Morgan fingerprint density at radius 3 is 2.57 bits per heavy atom. The summed E-state index contributed by atoms with van der Waals surface area (Å²) in [5.41, 5.74) is 2.41. The van der Waals surface area contributed by atoms with E-state index in [1.807, 2.05) is 6.07 Å². The average Bonchev–Trinajstić information content (AvgIpc) is 2.77. The van der Waals surface area contributed by atoms with Gasteiger partial charge in [-0.1, -0.05) is 0 Å². The fraction of sp³-hybridized carbons (Fsp3) is 0.529. The summed E-state index contributed by atoms with van der Waals surface area (Å²) in [5, 5.41) is 1.01. The third kappa shape index (κ3) is 3.27. The van der Waals surface area contributed by atoms with Crippen molar-refractivity contribution in [1.29, 1.82) is 0 Å². The van der Waals surface area contributed by atoms with Gasteiger partial charge in [-0.05, 0) is 50.7 Å². The molecule has 0 amide bonds. The molecule has 1 aliphatic heterocycles. The standard InChI is InChI=1S/C17H24FN3/c1-19-8-10-21(11-9-19)7-3-4-16-13-14-12-15(18)5-6-17(14)20(16)2/h5-6,12-13H,3-4,7-11H2,1-2H3. The fourth-order valence-corrected chi connectivity index (χ4v) is 3.17. The number of nitrogens with zero attached hydrogens (tertiary/aromatic N) is 3. The van der Waals surface area contributed by atoms with Crippen LogP contribution < -0.4 is 0 Å². The number of halogens is 1. The van der Waals surface area contributed by atoms with Crippen LogP contribution >= 0.6 is 0 Å². The summed E-state index contributed by atoms with van der Waals surface area (Å²) < 4.78 is 15.5. The molecule has 0 saturated carbocycles. The maximum Gasteiger partial charge on any atom is 0.123 e. The molecule has 0 N–H and O–H groups in total. The molecule has 2 heterocycles. The largest absolute Gasteiger partial charge is 0.348 e. The topological polar surface area (TPSA) is 11.4 Å². The molecule has 21 heavy (non-hydrogen) atoms. The molecule has 0 bridgehead atoms. The SMILES string of the molecule is CN1CCN(CCCc2cc3cc(F)ccc3n2C)CC1. The van der Waals surface area contributed by atoms with Gasteiger partial charge in [-0.2, -0.15) is 0 Å². The smallest absolute Gasteiger partial charge is 0.123 e. The lowest BCUT2D eigenvalue weighted by Gasteiger charge is -2.32. The van der Waals surface area contributed by atoms with E-state index in [1.54, 1.807) is 6.07 Å². The van der Waals surface area contributed by atoms with Crippen molar-refractivity contribution in [2.75, 3.05) is 39.8 Å². The van der Waals surface area contributed by atoms with Crippen molar-refractivity contribution in [2.24, 2.45) is 7.05 Å². The third-order valence-electron chi connectivity index (χ3n) is 4.61. The second kappa shape index (κ2) is 6.16. The Morgan fingerprint density at radius 2 is 1.81 bits per heavy atom. The lowest BCUT2D eigenvalue weighted by molar-refractivity contribution is 0.153. The van der Waals surface area contributed by atoms with Crippen LogP contribution in [0.2, 0.25) is 0 Å². The average molecular weight is 289 g/mol. The van der Waals surface area contributed by atoms with Crippen LogP contribution in [0.3, 0.4) is 0 Å². The summed E-state index contributed by atoms with van der Waals surface area (Å²) in [5.74, 6) is -0.155. The maximum absolute atomic E-state index is 13.3. The van der Waals surface area contributed by atoms with Crippen LogP contribution in [-0.4, -0.2) is 54.1 Å². The molecule has 3 rings (SSSR count). The zero-order valence-electron chi connectivity index (χ0n) is 13.0. The molecular weight excluding hydrogens is 265 g/mol. The van der Waals surface area contributed by atoms with Crippen molar-refractivity contribution in [3.8, 4) is 0 Å². The number of hydrogen-bond donors (Lipinski definition) is 0. The van der Waals surface area contributed by atoms with Crippen molar-refractivity contribution >= 4 is 10.9 Å². The van der Waals surface area contributed by atoms with Gasteiger partial charge >= 0.3 is 0 Å². The van der Waals surface area contributed by atoms with E-state index in [1.165, 1.54) is 37.9 Å². The van der Waals surface area contributed by atoms with Gasteiger partial charge in [0.25, 0.3) is 0 Å². The second-order valence-electron chi connectivity index (χ2n) is 6.15. The number of rotatable bonds is 4. The molecule has 1 fully saturated rings. The summed E-state index contributed by atoms with van der Waals surface area (Å²) in [7, 11) is 4.26. The monoisotopic (exact) mass is 289 g/mol. The van der Waals surface area contributed by atoms with Crippen molar-refractivity contribution in [2.45, 2.75) is 12.8 Å². The predicted molar refractivity (Wildman–Crippen MR) is 85.1 cm³/mol. The third-order valence-corrected chi connectivity index (χ3v) is 4.61. The highest BCUT2D eigenvalue weighted by Crippen LogP contribution is 2.20. The highest BCUT2D eigenvalue weighted by molar-refractivity contribution is 5.81. The number of aryl methyl sites for hydroxylation is 2. The molecule has 0 spiro atoms. The van der Waals surface area contributed by atoms with Gasteiger partial charge in [0.15, 0.2) is 0 Å². The van der Waals surface area contributed by atoms with Gasteiger partial charge in [-0.15, -0.1) is 0 Å². The summed E-state index contributed by atoms with van der Waals surface area (Å²) in [6.07, 6.45) is 2.22. The zero-order chi connectivity index (χ0) is 14.8. The van der Waals surface area contributed by atoms with Crippen molar-refractivity contribution in [3.63, 3.8) is 0 Å². The first-order valence-electron chi connectivity index (χ1n) is 7.78. The minimum atomic E-state index is -0.155. The molecule has 1 aromatic carbocycles. The van der Waals surface area contributed by atoms with E-state index in [0.717, 1.165) is 30.3 Å². The molecule has 1 aromatic heterocycles. The summed E-state index contributed by atoms with van der Waals surface area (Å²) >= 11 is 0. The van der Waals surface area contributed by atoms with E-state index < -0.39 is 0 Å². The number of fused-ring (bicyclic) bond motifs is 1. The van der Waals surface area contributed by atoms with Crippen LogP contribution in [0.15, 0.2) is 24.3 Å². The quantitative estimate of drug-likeness (QED) is 0.857. The van der Waals surface area contributed by atoms with Gasteiger partial charge < -0.3 is 14.4 Å². The number of aromatic nitrogens is 1. The molecule has 0 aliphatic carbocycles. The molecule has 1 saturated heterocycles. The van der Waals surface area contributed by atoms with Crippen LogP contribution in [0.5, 0.6) is 0 Å². The van der Waals surface area contributed by atoms with Gasteiger partial charge in [0, 0.05) is 49.8 Å². The van der Waals surface area contributed by atoms with E-state index in [-0.39, 0.29) is 5.82 Å². The van der Waals surface area contributed by atoms with E-state index >= 15 is 0 Å². The molecule has 3 nitrogen and oxygen atoms in total. The maximum atomic E-state index is 13.3. The Balaban J connectivity index is 1.59. The molecular formula is C17H24FN3. The Bertz CT molecular complexity index is 612. The second-order valence-corrected chi connectivity index (χ2v) is 6.15. The van der Waals surface area contributed by atoms with Crippen molar-refractivity contribution in [1.82, 2.24) is 14.4 Å². The van der Waals surface area contributed by atoms with Crippen LogP contribution in [0.1, 0.15) is 12.1 Å². The number of hydrogen-bond acceptors (Lipinski definition) is 2. The van der Waals surface area contributed by atoms with E-state index in [2.05, 4.69) is 34.5 Å². The lowest BCUT2D eigenvalue weighted by atomic mass is 10.2. The minimum Gasteiger partial charge on any atom is -0.348 e. The van der Waals surface area contributed by atoms with Crippen LogP contribution in [-0.2, 0) is 13.5 Å². The van der Waals surface area contributed by atoms with Gasteiger partial charge in [0.2, 0.25) is 0 Å². The predicted octanol–water partition coefficient (Wildman–Crippen LogP) is 2.50. The van der Waals surface area contributed by atoms with Crippen LogP contribution in [0.4, 0.5) is 4.39 Å². The minimum absolute atomic E-state index is 0.155. The molecule has 2 aromatic rings. The Morgan fingerprint density at radius 1 is 1.05 bits per heavy atom. The highest BCUT2D eigenvalue weighted by Gasteiger charge is 2.13. The van der Waals surface area contributed by atoms with Gasteiger partial charge in [-0.3, -0.25) is 0 Å². The van der Waals surface area contributed by atoms with Gasteiger partial charge in [0.1, 0.15) is 5.82 Å². The molecule has 0 unspecified atom stereocenters. The van der Waals surface area contributed by atoms with Crippen molar-refractivity contribution in [3.05, 3.63) is 35.8 Å². The van der Waals surface area contributed by atoms with Gasteiger partial charge in [0.05, 0.1) is 0 Å². The molecule has 0 atom stereocenters. The fourth-order valence-electron chi connectivity index (χ4n) is 3.17. The number of benzene rings is 1. The summed E-state index contributed by atoms with van der Waals surface area (Å²) in [6.45, 7) is 5.86. The van der Waals surface area contributed by atoms with Crippen LogP contribution in [0.25, 0.3) is 10.9 Å². The molecule has 114 valence electrons. The Kier molecular flexibility index (Phi) is 4.27. The van der Waals surface area contributed by atoms with Crippen molar-refractivity contribution < 1.29 is 4.39 Å². The highest BCUT2D eigenvalue weighted by atomic mass is 19.1. The summed E-state index contributed by atoms with van der Waals surface area (Å²) in [6, 6.07) is 7.16. The number of piperazine rings is 1. The first kappa shape index (κ1) is 14.5. The van der Waals surface area contributed by atoms with E-state index in [0.29, 0.717) is 0 Å². The first-order valence-corrected chi connectivity index (χ1v) is 7.78. The summed E-state index contributed by atoms with van der Waals surface area (Å²) in [4.78, 5) is 4.93. The molecule has 1 aliphatic rings. The first-order chi connectivity index (χ1) is 10.1. The van der Waals surface area contributed by atoms with E-state index in [4.69, 9.17) is 0 Å². The Labute approximate surface area is 125 Å². The normalized spacial score (nSPS) is 17.7. The molecule has 0 radical (unpaired) electrons. The lowest BCUT2D eigenvalue weighted by Crippen LogP contribution is -2.44.